The van der Waals surface area contributed by atoms with Crippen molar-refractivity contribution in [3.63, 3.8) is 0 Å². The molecule has 0 spiro atoms. The molecule has 0 bridgehead atoms. The Kier molecular flexibility index (Phi) is 6.45. The first-order chi connectivity index (χ1) is 14.2. The van der Waals surface area contributed by atoms with E-state index in [4.69, 9.17) is 0 Å². The summed E-state index contributed by atoms with van der Waals surface area (Å²) in [6.45, 7) is 6.15. The van der Waals surface area contributed by atoms with Crippen molar-refractivity contribution in [2.75, 3.05) is 12.4 Å². The lowest BCUT2D eigenvalue weighted by molar-refractivity contribution is 0.0943. The molecule has 7 nitrogen and oxygen atoms in total. The standard InChI is InChI=1S/C22H26BrN5O2/c1-13(2)24-21(29)15-6-9-19-18(11-15)26-20(28(19)5)12-27(4)22(30)25-16-7-8-17(23)14(3)10-16/h6-11,13H,12H2,1-5H3,(H,24,29)(H,25,30). The molecule has 0 atom stereocenters. The molecule has 0 radical (unpaired) electrons. The van der Waals surface area contributed by atoms with Gasteiger partial charge in [-0.1, -0.05) is 15.9 Å². The van der Waals surface area contributed by atoms with E-state index < -0.39 is 0 Å². The highest BCUT2D eigenvalue weighted by molar-refractivity contribution is 9.10. The van der Waals surface area contributed by atoms with Crippen molar-refractivity contribution in [1.29, 1.82) is 0 Å². The molecular weight excluding hydrogens is 446 g/mol. The van der Waals surface area contributed by atoms with Crippen LogP contribution in [0.2, 0.25) is 0 Å². The van der Waals surface area contributed by atoms with Gasteiger partial charge in [-0.15, -0.1) is 0 Å². The van der Waals surface area contributed by atoms with Crippen molar-refractivity contribution in [3.8, 4) is 0 Å². The molecule has 0 fully saturated rings. The van der Waals surface area contributed by atoms with E-state index in [1.165, 1.54) is 0 Å². The van der Waals surface area contributed by atoms with Crippen molar-refractivity contribution in [3.05, 3.63) is 57.8 Å². The number of urea groups is 1. The van der Waals surface area contributed by atoms with Crippen molar-refractivity contribution in [2.45, 2.75) is 33.4 Å². The number of aryl methyl sites for hydroxylation is 2. The molecule has 30 heavy (non-hydrogen) atoms. The highest BCUT2D eigenvalue weighted by Crippen LogP contribution is 2.21. The summed E-state index contributed by atoms with van der Waals surface area (Å²) in [7, 11) is 3.63. The molecule has 0 unspecified atom stereocenters. The fraction of sp³-hybridized carbons (Fsp3) is 0.318. The Morgan fingerprint density at radius 3 is 2.60 bits per heavy atom. The highest BCUT2D eigenvalue weighted by Gasteiger charge is 2.16. The largest absolute Gasteiger partial charge is 0.350 e. The number of anilines is 1. The van der Waals surface area contributed by atoms with Gasteiger partial charge in [-0.05, 0) is 62.7 Å². The van der Waals surface area contributed by atoms with Crippen molar-refractivity contribution in [1.82, 2.24) is 19.8 Å². The maximum Gasteiger partial charge on any atom is 0.321 e. The van der Waals surface area contributed by atoms with Crippen molar-refractivity contribution < 1.29 is 9.59 Å². The smallest absolute Gasteiger partial charge is 0.321 e. The van der Waals surface area contributed by atoms with Gasteiger partial charge >= 0.3 is 6.03 Å². The van der Waals surface area contributed by atoms with Gasteiger partial charge in [-0.25, -0.2) is 9.78 Å². The number of hydrogen-bond acceptors (Lipinski definition) is 3. The first kappa shape index (κ1) is 21.8. The lowest BCUT2D eigenvalue weighted by Crippen LogP contribution is -2.31. The Bertz CT molecular complexity index is 1110. The van der Waals surface area contributed by atoms with Crippen molar-refractivity contribution in [2.24, 2.45) is 7.05 Å². The second kappa shape index (κ2) is 8.87. The molecule has 1 aromatic heterocycles. The molecule has 1 heterocycles. The molecule has 0 saturated heterocycles. The molecule has 3 aromatic rings. The number of carbonyl (C=O) groups is 2. The third kappa shape index (κ3) is 4.81. The SMILES string of the molecule is Cc1cc(NC(=O)N(C)Cc2nc3cc(C(=O)NC(C)C)ccc3n2C)ccc1Br. The number of imidazole rings is 1. The summed E-state index contributed by atoms with van der Waals surface area (Å²) in [5.41, 5.74) is 3.98. The van der Waals surface area contributed by atoms with Gasteiger partial charge in [0.05, 0.1) is 17.6 Å². The molecule has 8 heteroatoms. The van der Waals surface area contributed by atoms with Crippen LogP contribution in [0.25, 0.3) is 11.0 Å². The van der Waals surface area contributed by atoms with Gasteiger partial charge in [0.15, 0.2) is 0 Å². The van der Waals surface area contributed by atoms with Gasteiger partial charge in [-0.3, -0.25) is 4.79 Å². The number of hydrogen-bond donors (Lipinski definition) is 2. The van der Waals surface area contributed by atoms with Gasteiger partial charge in [0.25, 0.3) is 5.91 Å². The van der Waals surface area contributed by atoms with Crippen LogP contribution < -0.4 is 10.6 Å². The lowest BCUT2D eigenvalue weighted by atomic mass is 10.2. The molecule has 3 amide bonds. The number of nitrogens with one attached hydrogen (secondary N) is 2. The number of rotatable bonds is 5. The Hall–Kier alpha value is -2.87. The van der Waals surface area contributed by atoms with E-state index in [2.05, 4.69) is 31.5 Å². The topological polar surface area (TPSA) is 79.3 Å². The molecule has 0 aliphatic heterocycles. The minimum atomic E-state index is -0.222. The van der Waals surface area contributed by atoms with Crippen LogP contribution in [0.5, 0.6) is 0 Å². The van der Waals surface area contributed by atoms with Crippen LogP contribution in [0.15, 0.2) is 40.9 Å². The maximum absolute atomic E-state index is 12.6. The van der Waals surface area contributed by atoms with E-state index in [-0.39, 0.29) is 18.0 Å². The lowest BCUT2D eigenvalue weighted by Gasteiger charge is -2.18. The maximum atomic E-state index is 12.6. The zero-order valence-electron chi connectivity index (χ0n) is 17.8. The van der Waals surface area contributed by atoms with Gasteiger partial charge in [-0.2, -0.15) is 0 Å². The third-order valence-electron chi connectivity index (χ3n) is 4.79. The van der Waals surface area contributed by atoms with Gasteiger partial charge in [0.1, 0.15) is 5.82 Å². The zero-order valence-corrected chi connectivity index (χ0v) is 19.4. The number of amides is 3. The first-order valence-electron chi connectivity index (χ1n) is 9.70. The summed E-state index contributed by atoms with van der Waals surface area (Å²) in [6.07, 6.45) is 0. The number of halogens is 1. The van der Waals surface area contributed by atoms with Gasteiger partial charge in [0, 0.05) is 35.9 Å². The molecule has 0 saturated carbocycles. The average molecular weight is 472 g/mol. The third-order valence-corrected chi connectivity index (χ3v) is 5.68. The molecule has 2 N–H and O–H groups in total. The fourth-order valence-corrected chi connectivity index (χ4v) is 3.35. The van der Waals surface area contributed by atoms with Crippen LogP contribution >= 0.6 is 15.9 Å². The molecule has 2 aromatic carbocycles. The Labute approximate surface area is 184 Å². The summed E-state index contributed by atoms with van der Waals surface area (Å²) in [6, 6.07) is 11.0. The molecule has 0 aliphatic rings. The van der Waals surface area contributed by atoms with E-state index in [9.17, 15) is 9.59 Å². The number of fused-ring (bicyclic) bond motifs is 1. The number of aromatic nitrogens is 2. The number of nitrogens with zero attached hydrogens (tertiary/aromatic N) is 3. The second-order valence-electron chi connectivity index (χ2n) is 7.67. The molecule has 0 aliphatic carbocycles. The quantitative estimate of drug-likeness (QED) is 0.576. The van der Waals surface area contributed by atoms with Crippen LogP contribution in [0.4, 0.5) is 10.5 Å². The predicted octanol–water partition coefficient (Wildman–Crippen LogP) is 4.45. The average Bonchev–Trinajstić information content (AvgIpc) is 2.99. The normalized spacial score (nSPS) is 11.0. The van der Waals surface area contributed by atoms with Crippen LogP contribution in [-0.2, 0) is 13.6 Å². The highest BCUT2D eigenvalue weighted by atomic mass is 79.9. The monoisotopic (exact) mass is 471 g/mol. The van der Waals surface area contributed by atoms with E-state index >= 15 is 0 Å². The predicted molar refractivity (Wildman–Crippen MR) is 123 cm³/mol. The zero-order chi connectivity index (χ0) is 22.0. The Morgan fingerprint density at radius 1 is 1.20 bits per heavy atom. The van der Waals surface area contributed by atoms with Crippen LogP contribution in [0.1, 0.15) is 35.6 Å². The van der Waals surface area contributed by atoms with E-state index in [0.29, 0.717) is 12.1 Å². The first-order valence-corrected chi connectivity index (χ1v) is 10.5. The van der Waals surface area contributed by atoms with Gasteiger partial charge < -0.3 is 20.1 Å². The molecule has 3 rings (SSSR count). The van der Waals surface area contributed by atoms with Gasteiger partial charge in [0.2, 0.25) is 0 Å². The fourth-order valence-electron chi connectivity index (χ4n) is 3.10. The summed E-state index contributed by atoms with van der Waals surface area (Å²) < 4.78 is 2.93. The molecule has 158 valence electrons. The van der Waals surface area contributed by atoms with Crippen molar-refractivity contribution >= 4 is 44.6 Å². The van der Waals surface area contributed by atoms with Crippen LogP contribution in [0.3, 0.4) is 0 Å². The summed E-state index contributed by atoms with van der Waals surface area (Å²) in [4.78, 5) is 31.1. The minimum Gasteiger partial charge on any atom is -0.350 e. The van der Waals surface area contributed by atoms with Crippen LogP contribution in [0, 0.1) is 6.92 Å². The summed E-state index contributed by atoms with van der Waals surface area (Å²) in [5, 5.41) is 5.79. The second-order valence-corrected chi connectivity index (χ2v) is 8.52. The van der Waals surface area contributed by atoms with E-state index in [1.807, 2.05) is 56.7 Å². The minimum absolute atomic E-state index is 0.0640. The van der Waals surface area contributed by atoms with E-state index in [1.54, 1.807) is 24.1 Å². The Balaban J connectivity index is 1.75. The number of carbonyl (C=O) groups excluding carboxylic acids is 2. The van der Waals surface area contributed by atoms with Crippen LogP contribution in [-0.4, -0.2) is 39.5 Å². The van der Waals surface area contributed by atoms with E-state index in [0.717, 1.165) is 32.6 Å². The Morgan fingerprint density at radius 2 is 1.93 bits per heavy atom. The number of benzene rings is 2. The summed E-state index contributed by atoms with van der Waals surface area (Å²) in [5.74, 6) is 0.608. The summed E-state index contributed by atoms with van der Waals surface area (Å²) >= 11 is 3.46. The molecular formula is C22H26BrN5O2.